The number of aromatic nitrogens is 3. The van der Waals surface area contributed by atoms with Crippen LogP contribution in [0.2, 0.25) is 0 Å². The normalized spacial score (nSPS) is 11.4. The van der Waals surface area contributed by atoms with Crippen LogP contribution >= 0.6 is 23.1 Å². The lowest BCUT2D eigenvalue weighted by Crippen LogP contribution is -2.05. The molecule has 0 bridgehead atoms. The Morgan fingerprint density at radius 3 is 2.53 bits per heavy atom. The molecule has 4 aromatic rings. The average Bonchev–Trinajstić information content (AvgIpc) is 3.21. The predicted molar refractivity (Wildman–Crippen MR) is 114 cm³/mol. The maximum atomic E-state index is 12.9. The smallest absolute Gasteiger partial charge is 0.330 e. The Hall–Kier alpha value is -2.91. The minimum Gasteiger partial charge on any atom is -0.330 e. The third kappa shape index (κ3) is 4.98. The highest BCUT2D eigenvalue weighted by atomic mass is 32.2. The van der Waals surface area contributed by atoms with Gasteiger partial charge in [-0.05, 0) is 42.0 Å². The quantitative estimate of drug-likeness (QED) is 0.337. The van der Waals surface area contributed by atoms with E-state index in [1.807, 2.05) is 36.4 Å². The van der Waals surface area contributed by atoms with Crippen LogP contribution < -0.4 is 5.32 Å². The number of nitrogens with one attached hydrogen (secondary N) is 1. The number of rotatable bonds is 6. The number of alkyl halides is 3. The van der Waals surface area contributed by atoms with Gasteiger partial charge in [-0.2, -0.15) is 13.2 Å². The van der Waals surface area contributed by atoms with Gasteiger partial charge < -0.3 is 5.32 Å². The zero-order valence-corrected chi connectivity index (χ0v) is 17.1. The second-order valence-electron chi connectivity index (χ2n) is 6.26. The van der Waals surface area contributed by atoms with Gasteiger partial charge in [0.2, 0.25) is 5.13 Å². The third-order valence-corrected chi connectivity index (χ3v) is 6.14. The van der Waals surface area contributed by atoms with Crippen molar-refractivity contribution < 1.29 is 13.2 Å². The Bertz CT molecular complexity index is 1130. The van der Waals surface area contributed by atoms with E-state index in [4.69, 9.17) is 0 Å². The van der Waals surface area contributed by atoms with Gasteiger partial charge in [-0.25, -0.2) is 0 Å². The van der Waals surface area contributed by atoms with Gasteiger partial charge in [-0.15, -0.1) is 22.0 Å². The Balaban J connectivity index is 1.52. The molecule has 0 aliphatic carbocycles. The molecule has 0 aliphatic heterocycles. The van der Waals surface area contributed by atoms with Crippen molar-refractivity contribution in [3.63, 3.8) is 0 Å². The van der Waals surface area contributed by atoms with Gasteiger partial charge in [0.1, 0.15) is 0 Å². The van der Waals surface area contributed by atoms with Crippen LogP contribution in [0.15, 0.2) is 78.0 Å². The molecule has 0 unspecified atom stereocenters. The summed E-state index contributed by atoms with van der Waals surface area (Å²) in [4.78, 5) is 5.08. The summed E-state index contributed by atoms with van der Waals surface area (Å²) < 4.78 is 38.7. The lowest BCUT2D eigenvalue weighted by molar-refractivity contribution is -0.137. The van der Waals surface area contributed by atoms with Crippen LogP contribution in [-0.2, 0) is 11.9 Å². The summed E-state index contributed by atoms with van der Waals surface area (Å²) in [6.45, 7) is 0. The first-order valence-corrected chi connectivity index (χ1v) is 10.7. The maximum absolute atomic E-state index is 12.9. The average molecular weight is 445 g/mol. The largest absolute Gasteiger partial charge is 0.416 e. The number of nitrogens with zero attached hydrogens (tertiary/aromatic N) is 3. The monoisotopic (exact) mass is 444 g/mol. The van der Waals surface area contributed by atoms with Gasteiger partial charge in [-0.3, -0.25) is 4.98 Å². The third-order valence-electron chi connectivity index (χ3n) is 4.13. The van der Waals surface area contributed by atoms with Crippen LogP contribution in [0.5, 0.6) is 0 Å². The van der Waals surface area contributed by atoms with E-state index in [-0.39, 0.29) is 0 Å². The fraction of sp³-hybridized carbons (Fsp3) is 0.0952. The summed E-state index contributed by atoms with van der Waals surface area (Å²) in [5, 5.41) is 12.4. The number of thioether (sulfide) groups is 1. The van der Waals surface area contributed by atoms with Crippen molar-refractivity contribution >= 4 is 33.9 Å². The van der Waals surface area contributed by atoms with Gasteiger partial charge in [0, 0.05) is 34.3 Å². The zero-order valence-electron chi connectivity index (χ0n) is 15.4. The summed E-state index contributed by atoms with van der Waals surface area (Å²) in [6.07, 6.45) is -0.870. The van der Waals surface area contributed by atoms with Crippen LogP contribution in [0.4, 0.5) is 24.0 Å². The van der Waals surface area contributed by atoms with Crippen LogP contribution in [0.25, 0.3) is 10.6 Å². The molecule has 0 saturated heterocycles. The second-order valence-corrected chi connectivity index (χ2v) is 8.25. The SMILES string of the molecule is FC(F)(F)c1cccc(Nc2nnc(-c3ccccc3SCc3ccncc3)s2)c1. The van der Waals surface area contributed by atoms with Crippen LogP contribution in [0.1, 0.15) is 11.1 Å². The molecule has 0 radical (unpaired) electrons. The van der Waals surface area contributed by atoms with Crippen molar-refractivity contribution in [1.82, 2.24) is 15.2 Å². The Morgan fingerprint density at radius 1 is 0.933 bits per heavy atom. The highest BCUT2D eigenvalue weighted by Gasteiger charge is 2.30. The number of pyridine rings is 1. The van der Waals surface area contributed by atoms with Crippen molar-refractivity contribution in [2.45, 2.75) is 16.8 Å². The summed E-state index contributed by atoms with van der Waals surface area (Å²) in [5.41, 5.74) is 1.70. The number of halogens is 3. The zero-order chi connectivity index (χ0) is 21.0. The van der Waals surface area contributed by atoms with E-state index in [0.29, 0.717) is 15.8 Å². The predicted octanol–water partition coefficient (Wildman–Crippen LogP) is 6.65. The molecule has 2 aromatic carbocycles. The minimum atomic E-state index is -4.39. The number of benzene rings is 2. The van der Waals surface area contributed by atoms with Crippen molar-refractivity contribution in [1.29, 1.82) is 0 Å². The van der Waals surface area contributed by atoms with E-state index in [9.17, 15) is 13.2 Å². The molecule has 0 spiro atoms. The fourth-order valence-corrected chi connectivity index (χ4v) is 4.57. The first kappa shape index (κ1) is 20.4. The van der Waals surface area contributed by atoms with E-state index in [1.165, 1.54) is 17.4 Å². The summed E-state index contributed by atoms with van der Waals surface area (Å²) >= 11 is 2.97. The van der Waals surface area contributed by atoms with E-state index in [2.05, 4.69) is 20.5 Å². The van der Waals surface area contributed by atoms with Gasteiger partial charge in [-0.1, -0.05) is 35.6 Å². The summed E-state index contributed by atoms with van der Waals surface area (Å²) in [6, 6.07) is 16.8. The van der Waals surface area contributed by atoms with Gasteiger partial charge >= 0.3 is 6.18 Å². The highest BCUT2D eigenvalue weighted by Crippen LogP contribution is 2.37. The molecule has 4 nitrogen and oxygen atoms in total. The Labute approximate surface area is 179 Å². The lowest BCUT2D eigenvalue weighted by atomic mass is 10.2. The molecule has 4 rings (SSSR count). The van der Waals surface area contributed by atoms with Gasteiger partial charge in [0.25, 0.3) is 0 Å². The maximum Gasteiger partial charge on any atom is 0.416 e. The molecule has 9 heteroatoms. The van der Waals surface area contributed by atoms with Crippen LogP contribution in [-0.4, -0.2) is 15.2 Å². The van der Waals surface area contributed by atoms with Crippen LogP contribution in [0, 0.1) is 0 Å². The van der Waals surface area contributed by atoms with Crippen molar-refractivity contribution in [2.75, 3.05) is 5.32 Å². The van der Waals surface area contributed by atoms with Crippen molar-refractivity contribution in [2.24, 2.45) is 0 Å². The van der Waals surface area contributed by atoms with E-state index >= 15 is 0 Å². The standard InChI is InChI=1S/C21H15F3N4S2/c22-21(23,24)15-4-3-5-16(12-15)26-20-28-27-19(30-20)17-6-1-2-7-18(17)29-13-14-8-10-25-11-9-14/h1-12H,13H2,(H,26,28). The summed E-state index contributed by atoms with van der Waals surface area (Å²) in [5.74, 6) is 0.785. The fourth-order valence-electron chi connectivity index (χ4n) is 2.69. The van der Waals surface area contributed by atoms with E-state index < -0.39 is 11.7 Å². The topological polar surface area (TPSA) is 50.7 Å². The highest BCUT2D eigenvalue weighted by molar-refractivity contribution is 7.98. The first-order chi connectivity index (χ1) is 14.5. The number of anilines is 2. The van der Waals surface area contributed by atoms with E-state index in [1.54, 1.807) is 30.2 Å². The Morgan fingerprint density at radius 2 is 1.73 bits per heavy atom. The molecule has 0 amide bonds. The first-order valence-electron chi connectivity index (χ1n) is 8.88. The molecule has 0 atom stereocenters. The molecular weight excluding hydrogens is 429 g/mol. The number of hydrogen-bond acceptors (Lipinski definition) is 6. The molecule has 30 heavy (non-hydrogen) atoms. The lowest BCUT2D eigenvalue weighted by Gasteiger charge is -2.08. The van der Waals surface area contributed by atoms with E-state index in [0.717, 1.165) is 33.9 Å². The van der Waals surface area contributed by atoms with Crippen LogP contribution in [0.3, 0.4) is 0 Å². The molecule has 0 fully saturated rings. The Kier molecular flexibility index (Phi) is 6.01. The van der Waals surface area contributed by atoms with Gasteiger partial charge in [0.05, 0.1) is 5.56 Å². The molecule has 0 aliphatic rings. The second kappa shape index (κ2) is 8.85. The molecule has 152 valence electrons. The molecule has 2 heterocycles. The van der Waals surface area contributed by atoms with Crippen molar-refractivity contribution in [3.8, 4) is 10.6 Å². The molecule has 1 N–H and O–H groups in total. The minimum absolute atomic E-state index is 0.313. The number of hydrogen-bond donors (Lipinski definition) is 1. The van der Waals surface area contributed by atoms with Crippen molar-refractivity contribution in [3.05, 3.63) is 84.2 Å². The summed E-state index contributed by atoms with van der Waals surface area (Å²) in [7, 11) is 0. The molecule has 0 saturated carbocycles. The molecule has 2 aromatic heterocycles. The molecular formula is C21H15F3N4S2. The van der Waals surface area contributed by atoms with Gasteiger partial charge in [0.15, 0.2) is 5.01 Å².